The highest BCUT2D eigenvalue weighted by Gasteiger charge is 2.41. The van der Waals surface area contributed by atoms with Crippen LogP contribution in [0.15, 0.2) is 107 Å². The fourth-order valence-electron chi connectivity index (χ4n) is 5.20. The highest BCUT2D eigenvalue weighted by atomic mass is 16.6. The van der Waals surface area contributed by atoms with E-state index in [0.29, 0.717) is 41.0 Å². The molecular weight excluding hydrogens is 466 g/mol. The Morgan fingerprint density at radius 3 is 2.35 bits per heavy atom. The molecule has 37 heavy (non-hydrogen) atoms. The Morgan fingerprint density at radius 1 is 0.919 bits per heavy atom. The Labute approximate surface area is 216 Å². The van der Waals surface area contributed by atoms with Crippen LogP contribution >= 0.6 is 0 Å². The molecule has 0 aromatic heterocycles. The lowest BCUT2D eigenvalue weighted by molar-refractivity contribution is -0.140. The van der Waals surface area contributed by atoms with Gasteiger partial charge in [0.05, 0.1) is 5.57 Å². The Balaban J connectivity index is 1.42. The number of carbonyl (C=O) groups excluding carboxylic acids is 2. The zero-order valence-electron chi connectivity index (χ0n) is 20.6. The van der Waals surface area contributed by atoms with E-state index in [4.69, 9.17) is 9.47 Å². The van der Waals surface area contributed by atoms with E-state index in [0.717, 1.165) is 11.3 Å². The monoisotopic (exact) mass is 495 g/mol. The lowest BCUT2D eigenvalue weighted by Crippen LogP contribution is -2.36. The van der Waals surface area contributed by atoms with E-state index in [2.05, 4.69) is 5.32 Å². The molecule has 2 N–H and O–H groups in total. The quantitative estimate of drug-likeness (QED) is 0.338. The average molecular weight is 496 g/mol. The first kappa shape index (κ1) is 24.4. The van der Waals surface area contributed by atoms with Crippen LogP contribution in [-0.2, 0) is 14.3 Å². The van der Waals surface area contributed by atoms with Crippen LogP contribution in [0.3, 0.4) is 0 Å². The summed E-state index contributed by atoms with van der Waals surface area (Å²) in [5, 5.41) is 13.6. The first-order valence-corrected chi connectivity index (χ1v) is 12.4. The van der Waals surface area contributed by atoms with Crippen molar-refractivity contribution in [1.29, 1.82) is 0 Å². The fourth-order valence-corrected chi connectivity index (χ4v) is 5.20. The van der Waals surface area contributed by atoms with E-state index in [-0.39, 0.29) is 30.7 Å². The van der Waals surface area contributed by atoms with Gasteiger partial charge in [-0.2, -0.15) is 0 Å². The number of phenols is 1. The number of Topliss-reactive ketones (excluding diaryl/α,β-unsaturated/α-hetero) is 1. The van der Waals surface area contributed by atoms with Crippen LogP contribution in [-0.4, -0.2) is 30.1 Å². The molecule has 1 aliphatic carbocycles. The van der Waals surface area contributed by atoms with Crippen molar-refractivity contribution in [3.05, 3.63) is 119 Å². The lowest BCUT2D eigenvalue weighted by atomic mass is 9.71. The normalized spacial score (nSPS) is 19.2. The maximum atomic E-state index is 13.6. The predicted octanol–water partition coefficient (Wildman–Crippen LogP) is 5.38. The summed E-state index contributed by atoms with van der Waals surface area (Å²) in [7, 11) is 0. The van der Waals surface area contributed by atoms with Crippen LogP contribution < -0.4 is 10.1 Å². The molecule has 0 saturated carbocycles. The number of aromatic hydroxyl groups is 1. The minimum atomic E-state index is -0.630. The number of nitrogens with one attached hydrogen (secondary N) is 1. The van der Waals surface area contributed by atoms with Crippen LogP contribution in [0.5, 0.6) is 11.5 Å². The summed E-state index contributed by atoms with van der Waals surface area (Å²) in [4.78, 5) is 27.0. The van der Waals surface area contributed by atoms with Crippen LogP contribution in [0, 0.1) is 0 Å². The van der Waals surface area contributed by atoms with E-state index in [1.165, 1.54) is 0 Å². The third-order valence-electron chi connectivity index (χ3n) is 6.85. The topological polar surface area (TPSA) is 84.9 Å². The SMILES string of the molecule is CC1=C(C(=O)OCCOc2ccccc2)[C@@H](c2cccc(O)c2)C2=C(C[C@H](c3ccccc3)CC2=O)N1. The lowest BCUT2D eigenvalue weighted by Gasteiger charge is -2.36. The van der Waals surface area contributed by atoms with Gasteiger partial charge >= 0.3 is 5.97 Å². The molecule has 1 aliphatic heterocycles. The second-order valence-corrected chi connectivity index (χ2v) is 9.32. The molecule has 0 unspecified atom stereocenters. The number of phenolic OH excluding ortho intramolecular Hbond substituents is 1. The average Bonchev–Trinajstić information content (AvgIpc) is 2.91. The number of allylic oxidation sites excluding steroid dienone is 3. The number of hydrogen-bond donors (Lipinski definition) is 2. The van der Waals surface area contributed by atoms with Gasteiger partial charge in [0, 0.05) is 29.3 Å². The van der Waals surface area contributed by atoms with E-state index < -0.39 is 11.9 Å². The molecule has 0 saturated heterocycles. The molecular formula is C31H29NO5. The third kappa shape index (κ3) is 5.28. The van der Waals surface area contributed by atoms with E-state index in [1.807, 2.05) is 73.7 Å². The highest BCUT2D eigenvalue weighted by Crippen LogP contribution is 2.46. The van der Waals surface area contributed by atoms with Crippen LogP contribution in [0.4, 0.5) is 0 Å². The van der Waals surface area contributed by atoms with Crippen molar-refractivity contribution in [1.82, 2.24) is 5.32 Å². The van der Waals surface area contributed by atoms with Crippen molar-refractivity contribution >= 4 is 11.8 Å². The van der Waals surface area contributed by atoms with Crippen molar-refractivity contribution < 1.29 is 24.2 Å². The Bertz CT molecular complexity index is 1360. The number of rotatable bonds is 7. The molecule has 0 fully saturated rings. The standard InChI is InChI=1S/C31H29NO5/c1-20-28(31(35)37-16-15-36-25-13-6-3-7-14-25)29(22-11-8-12-24(33)17-22)30-26(32-20)18-23(19-27(30)34)21-9-4-2-5-10-21/h2-14,17,23,29,32-33H,15-16,18-19H2,1H3/t23-,29+/m0/s1. The van der Waals surface area contributed by atoms with Crippen molar-refractivity contribution in [3.63, 3.8) is 0 Å². The Kier molecular flexibility index (Phi) is 7.08. The molecule has 6 nitrogen and oxygen atoms in total. The summed E-state index contributed by atoms with van der Waals surface area (Å²) < 4.78 is 11.3. The maximum absolute atomic E-state index is 13.6. The maximum Gasteiger partial charge on any atom is 0.336 e. The molecule has 188 valence electrons. The molecule has 0 bridgehead atoms. The zero-order valence-corrected chi connectivity index (χ0v) is 20.6. The van der Waals surface area contributed by atoms with E-state index in [9.17, 15) is 14.7 Å². The van der Waals surface area contributed by atoms with Crippen LogP contribution in [0.2, 0.25) is 0 Å². The van der Waals surface area contributed by atoms with Gasteiger partial charge < -0.3 is 19.9 Å². The molecule has 5 rings (SSSR count). The van der Waals surface area contributed by atoms with Gasteiger partial charge in [0.15, 0.2) is 5.78 Å². The van der Waals surface area contributed by atoms with Crippen molar-refractivity contribution in [2.45, 2.75) is 31.6 Å². The van der Waals surface area contributed by atoms with Gasteiger partial charge in [-0.3, -0.25) is 4.79 Å². The number of dihydropyridines is 1. The molecule has 1 heterocycles. The molecule has 3 aromatic rings. The number of hydrogen-bond acceptors (Lipinski definition) is 6. The van der Waals surface area contributed by atoms with Crippen molar-refractivity contribution in [3.8, 4) is 11.5 Å². The number of ether oxygens (including phenoxy) is 2. The van der Waals surface area contributed by atoms with Crippen LogP contribution in [0.1, 0.15) is 42.7 Å². The van der Waals surface area contributed by atoms with Crippen LogP contribution in [0.25, 0.3) is 0 Å². The van der Waals surface area contributed by atoms with E-state index in [1.54, 1.807) is 18.2 Å². The van der Waals surface area contributed by atoms with Gasteiger partial charge in [0.2, 0.25) is 0 Å². The second-order valence-electron chi connectivity index (χ2n) is 9.32. The first-order chi connectivity index (χ1) is 18.0. The fraction of sp³-hybridized carbons (Fsp3) is 0.226. The van der Waals surface area contributed by atoms with Gasteiger partial charge in [0.25, 0.3) is 0 Å². The summed E-state index contributed by atoms with van der Waals surface area (Å²) in [6.45, 7) is 2.10. The smallest absolute Gasteiger partial charge is 0.336 e. The molecule has 0 radical (unpaired) electrons. The minimum Gasteiger partial charge on any atom is -0.508 e. The Hall–Kier alpha value is -4.32. The molecule has 0 spiro atoms. The molecule has 2 atom stereocenters. The number of carbonyl (C=O) groups is 2. The highest BCUT2D eigenvalue weighted by molar-refractivity contribution is 6.04. The molecule has 6 heteroatoms. The number of benzene rings is 3. The minimum absolute atomic E-state index is 0.0128. The van der Waals surface area contributed by atoms with Crippen molar-refractivity contribution in [2.75, 3.05) is 13.2 Å². The number of ketones is 1. The summed E-state index contributed by atoms with van der Waals surface area (Å²) in [5.74, 6) is -0.330. The Morgan fingerprint density at radius 2 is 1.62 bits per heavy atom. The summed E-state index contributed by atoms with van der Waals surface area (Å²) >= 11 is 0. The number of esters is 1. The van der Waals surface area contributed by atoms with E-state index >= 15 is 0 Å². The van der Waals surface area contributed by atoms with Gasteiger partial charge in [-0.15, -0.1) is 0 Å². The second kappa shape index (κ2) is 10.7. The summed E-state index contributed by atoms with van der Waals surface area (Å²) in [6, 6.07) is 26.1. The van der Waals surface area contributed by atoms with Crippen molar-refractivity contribution in [2.24, 2.45) is 0 Å². The third-order valence-corrected chi connectivity index (χ3v) is 6.85. The summed E-state index contributed by atoms with van der Waals surface area (Å²) in [5.41, 5.74) is 4.18. The molecule has 3 aromatic carbocycles. The number of para-hydroxylation sites is 1. The van der Waals surface area contributed by atoms with Gasteiger partial charge in [0.1, 0.15) is 24.7 Å². The summed E-state index contributed by atoms with van der Waals surface area (Å²) in [6.07, 6.45) is 1.01. The van der Waals surface area contributed by atoms with Gasteiger partial charge in [-0.25, -0.2) is 4.79 Å². The largest absolute Gasteiger partial charge is 0.508 e. The first-order valence-electron chi connectivity index (χ1n) is 12.4. The molecule has 0 amide bonds. The van der Waals surface area contributed by atoms with Gasteiger partial charge in [-0.1, -0.05) is 60.7 Å². The van der Waals surface area contributed by atoms with Gasteiger partial charge in [-0.05, 0) is 54.7 Å². The molecule has 2 aliphatic rings. The zero-order chi connectivity index (χ0) is 25.8. The predicted molar refractivity (Wildman–Crippen MR) is 140 cm³/mol.